The summed E-state index contributed by atoms with van der Waals surface area (Å²) < 4.78 is 0. The largest absolute Gasteiger partial charge is 0.276 e. The van der Waals surface area contributed by atoms with Gasteiger partial charge in [0, 0.05) is 5.56 Å². The predicted octanol–water partition coefficient (Wildman–Crippen LogP) is 3.99. The lowest BCUT2D eigenvalue weighted by Crippen LogP contribution is -2.19. The fourth-order valence-corrected chi connectivity index (χ4v) is 2.27. The number of rotatable bonds is 2. The molecule has 0 heterocycles. The number of nitrogens with one attached hydrogen (secondary N) is 1. The van der Waals surface area contributed by atoms with Crippen molar-refractivity contribution in [3.63, 3.8) is 0 Å². The normalized spacial score (nSPS) is 11.1. The average molecular weight is 271 g/mol. The molecule has 3 aromatic rings. The number of nitriles is 1. The van der Waals surface area contributed by atoms with Gasteiger partial charge in [-0.2, -0.15) is 5.26 Å². The van der Waals surface area contributed by atoms with E-state index in [1.165, 1.54) is 0 Å². The van der Waals surface area contributed by atoms with Crippen molar-refractivity contribution < 1.29 is 0 Å². The second kappa shape index (κ2) is 5.89. The van der Waals surface area contributed by atoms with Crippen LogP contribution in [0.25, 0.3) is 10.8 Å². The number of hydrogen-bond donors (Lipinski definition) is 1. The van der Waals surface area contributed by atoms with Crippen molar-refractivity contribution in [2.45, 2.75) is 0 Å². The zero-order valence-corrected chi connectivity index (χ0v) is 11.3. The predicted molar refractivity (Wildman–Crippen MR) is 85.3 cm³/mol. The van der Waals surface area contributed by atoms with Crippen LogP contribution in [0.1, 0.15) is 5.56 Å². The minimum absolute atomic E-state index is 0.556. The van der Waals surface area contributed by atoms with Crippen LogP contribution in [0.15, 0.2) is 77.8 Å². The lowest BCUT2D eigenvalue weighted by molar-refractivity contribution is 1.25. The number of amidine groups is 1. The number of aliphatic imine (C=N–C) groups is 1. The SMILES string of the molecule is N#CNC(=Nc1ccccc1)c1cccc2ccccc12. The fraction of sp³-hybridized carbons (Fsp3) is 0. The zero-order chi connectivity index (χ0) is 14.5. The summed E-state index contributed by atoms with van der Waals surface area (Å²) in [6.45, 7) is 0. The first-order chi connectivity index (χ1) is 10.4. The molecular formula is C18H13N3. The van der Waals surface area contributed by atoms with Gasteiger partial charge in [0.2, 0.25) is 0 Å². The monoisotopic (exact) mass is 271 g/mol. The number of para-hydroxylation sites is 1. The van der Waals surface area contributed by atoms with Crippen molar-refractivity contribution in [3.8, 4) is 6.19 Å². The maximum absolute atomic E-state index is 9.01. The third kappa shape index (κ3) is 2.75. The van der Waals surface area contributed by atoms with Gasteiger partial charge in [-0.3, -0.25) is 5.32 Å². The van der Waals surface area contributed by atoms with Crippen LogP contribution in [-0.2, 0) is 0 Å². The molecule has 0 radical (unpaired) electrons. The zero-order valence-electron chi connectivity index (χ0n) is 11.3. The summed E-state index contributed by atoms with van der Waals surface area (Å²) in [7, 11) is 0. The van der Waals surface area contributed by atoms with E-state index in [9.17, 15) is 0 Å². The number of benzene rings is 3. The summed E-state index contributed by atoms with van der Waals surface area (Å²) in [5.41, 5.74) is 1.72. The molecule has 3 aromatic carbocycles. The van der Waals surface area contributed by atoms with Gasteiger partial charge in [0.1, 0.15) is 5.84 Å². The molecule has 0 spiro atoms. The number of fused-ring (bicyclic) bond motifs is 1. The van der Waals surface area contributed by atoms with E-state index in [4.69, 9.17) is 5.26 Å². The topological polar surface area (TPSA) is 48.2 Å². The third-order valence-corrected chi connectivity index (χ3v) is 3.22. The van der Waals surface area contributed by atoms with Gasteiger partial charge in [-0.25, -0.2) is 4.99 Å². The van der Waals surface area contributed by atoms with Crippen LogP contribution >= 0.6 is 0 Å². The molecule has 0 unspecified atom stereocenters. The molecule has 0 bridgehead atoms. The van der Waals surface area contributed by atoms with Gasteiger partial charge in [-0.15, -0.1) is 0 Å². The number of hydrogen-bond acceptors (Lipinski definition) is 2. The van der Waals surface area contributed by atoms with Crippen molar-refractivity contribution in [1.82, 2.24) is 5.32 Å². The average Bonchev–Trinajstić information content (AvgIpc) is 2.55. The summed E-state index contributed by atoms with van der Waals surface area (Å²) in [6.07, 6.45) is 1.97. The van der Waals surface area contributed by atoms with Crippen LogP contribution in [0.5, 0.6) is 0 Å². The molecule has 0 saturated carbocycles. The fourth-order valence-electron chi connectivity index (χ4n) is 2.27. The van der Waals surface area contributed by atoms with Crippen LogP contribution in [-0.4, -0.2) is 5.84 Å². The summed E-state index contributed by atoms with van der Waals surface area (Å²) in [6, 6.07) is 23.6. The Kier molecular flexibility index (Phi) is 3.62. The van der Waals surface area contributed by atoms with Gasteiger partial charge in [-0.1, -0.05) is 60.7 Å². The maximum atomic E-state index is 9.01. The first kappa shape index (κ1) is 12.9. The Balaban J connectivity index is 2.17. The summed E-state index contributed by atoms with van der Waals surface area (Å²) in [4.78, 5) is 4.55. The van der Waals surface area contributed by atoms with E-state index in [-0.39, 0.29) is 0 Å². The van der Waals surface area contributed by atoms with Gasteiger partial charge in [0.25, 0.3) is 0 Å². The maximum Gasteiger partial charge on any atom is 0.182 e. The van der Waals surface area contributed by atoms with Crippen LogP contribution in [0.2, 0.25) is 0 Å². The lowest BCUT2D eigenvalue weighted by Gasteiger charge is -2.08. The lowest BCUT2D eigenvalue weighted by atomic mass is 10.0. The van der Waals surface area contributed by atoms with Crippen molar-refractivity contribution in [1.29, 1.82) is 5.26 Å². The minimum atomic E-state index is 0.556. The summed E-state index contributed by atoms with van der Waals surface area (Å²) in [5.74, 6) is 0.556. The molecule has 0 saturated heterocycles. The van der Waals surface area contributed by atoms with E-state index in [1.54, 1.807) is 0 Å². The first-order valence-electron chi connectivity index (χ1n) is 6.65. The van der Waals surface area contributed by atoms with Crippen molar-refractivity contribution in [2.75, 3.05) is 0 Å². The Bertz CT molecular complexity index is 824. The molecule has 0 aliphatic carbocycles. The standard InChI is InChI=1S/C18H13N3/c19-13-20-18(21-15-9-2-1-3-10-15)17-12-6-8-14-7-4-5-11-16(14)17/h1-12H,(H,20,21). The number of nitrogens with zero attached hydrogens (tertiary/aromatic N) is 2. The van der Waals surface area contributed by atoms with E-state index in [1.807, 2.05) is 79.0 Å². The molecule has 3 rings (SSSR count). The Morgan fingerprint density at radius 3 is 2.38 bits per heavy atom. The highest BCUT2D eigenvalue weighted by molar-refractivity contribution is 6.11. The molecule has 100 valence electrons. The van der Waals surface area contributed by atoms with E-state index >= 15 is 0 Å². The summed E-state index contributed by atoms with van der Waals surface area (Å²) in [5, 5.41) is 13.9. The molecule has 0 aromatic heterocycles. The molecule has 0 aliphatic rings. The Morgan fingerprint density at radius 1 is 0.857 bits per heavy atom. The second-order valence-electron chi connectivity index (χ2n) is 4.56. The molecule has 0 amide bonds. The molecule has 3 nitrogen and oxygen atoms in total. The highest BCUT2D eigenvalue weighted by atomic mass is 15.0. The molecule has 1 N–H and O–H groups in total. The summed E-state index contributed by atoms with van der Waals surface area (Å²) >= 11 is 0. The molecular weight excluding hydrogens is 258 g/mol. The van der Waals surface area contributed by atoms with Crippen LogP contribution in [0.3, 0.4) is 0 Å². The Hall–Kier alpha value is -3.12. The van der Waals surface area contributed by atoms with Gasteiger partial charge in [-0.05, 0) is 22.9 Å². The van der Waals surface area contributed by atoms with Crippen LogP contribution < -0.4 is 5.32 Å². The highest BCUT2D eigenvalue weighted by Crippen LogP contribution is 2.20. The van der Waals surface area contributed by atoms with Crippen molar-refractivity contribution in [3.05, 3.63) is 78.4 Å². The van der Waals surface area contributed by atoms with Gasteiger partial charge in [0.15, 0.2) is 6.19 Å². The van der Waals surface area contributed by atoms with E-state index < -0.39 is 0 Å². The molecule has 3 heteroatoms. The van der Waals surface area contributed by atoms with E-state index in [0.717, 1.165) is 22.0 Å². The Labute approximate surface area is 123 Å². The quantitative estimate of drug-likeness (QED) is 0.331. The molecule has 0 aliphatic heterocycles. The van der Waals surface area contributed by atoms with Crippen molar-refractivity contribution >= 4 is 22.3 Å². The van der Waals surface area contributed by atoms with Crippen molar-refractivity contribution in [2.24, 2.45) is 4.99 Å². The third-order valence-electron chi connectivity index (χ3n) is 3.22. The Morgan fingerprint density at radius 2 is 1.57 bits per heavy atom. The van der Waals surface area contributed by atoms with Gasteiger partial charge in [0.05, 0.1) is 5.69 Å². The highest BCUT2D eigenvalue weighted by Gasteiger charge is 2.07. The van der Waals surface area contributed by atoms with Crippen LogP contribution in [0.4, 0.5) is 5.69 Å². The first-order valence-corrected chi connectivity index (χ1v) is 6.65. The van der Waals surface area contributed by atoms with Gasteiger partial charge >= 0.3 is 0 Å². The molecule has 0 atom stereocenters. The van der Waals surface area contributed by atoms with E-state index in [0.29, 0.717) is 5.84 Å². The molecule has 21 heavy (non-hydrogen) atoms. The van der Waals surface area contributed by atoms with E-state index in [2.05, 4.69) is 10.3 Å². The smallest absolute Gasteiger partial charge is 0.182 e. The molecule has 0 fully saturated rings. The van der Waals surface area contributed by atoms with Gasteiger partial charge < -0.3 is 0 Å². The minimum Gasteiger partial charge on any atom is -0.276 e. The van der Waals surface area contributed by atoms with Crippen LogP contribution in [0, 0.1) is 11.5 Å². The second-order valence-corrected chi connectivity index (χ2v) is 4.56.